The number of carboxylic acid groups (broad SMARTS) is 1. The number of carboxylic acids is 1. The van der Waals surface area contributed by atoms with Gasteiger partial charge in [-0.05, 0) is 43.9 Å². The molecule has 0 radical (unpaired) electrons. The van der Waals surface area contributed by atoms with Crippen LogP contribution in [0.25, 0.3) is 0 Å². The third-order valence-electron chi connectivity index (χ3n) is 3.40. The second-order valence-corrected chi connectivity index (χ2v) is 4.83. The zero-order chi connectivity index (χ0) is 14.0. The summed E-state index contributed by atoms with van der Waals surface area (Å²) in [5.74, 6) is -2.16. The Hall–Kier alpha value is -1.91. The molecule has 0 bridgehead atoms. The van der Waals surface area contributed by atoms with Crippen molar-refractivity contribution >= 4 is 11.9 Å². The molecule has 1 saturated heterocycles. The van der Waals surface area contributed by atoms with E-state index in [1.807, 2.05) is 0 Å². The quantitative estimate of drug-likeness (QED) is 0.892. The maximum atomic E-state index is 13.8. The van der Waals surface area contributed by atoms with E-state index in [9.17, 15) is 14.0 Å². The lowest BCUT2D eigenvalue weighted by Gasteiger charge is -2.33. The molecule has 1 fully saturated rings. The number of halogens is 1. The van der Waals surface area contributed by atoms with E-state index < -0.39 is 23.7 Å². The van der Waals surface area contributed by atoms with Crippen molar-refractivity contribution in [3.63, 3.8) is 0 Å². The van der Waals surface area contributed by atoms with E-state index in [1.54, 1.807) is 13.0 Å². The minimum absolute atomic E-state index is 0.0567. The highest BCUT2D eigenvalue weighted by atomic mass is 19.1. The lowest BCUT2D eigenvalue weighted by atomic mass is 10.0. The zero-order valence-electron chi connectivity index (χ0n) is 10.7. The Balaban J connectivity index is 2.28. The van der Waals surface area contributed by atoms with Crippen LogP contribution in [0.4, 0.5) is 4.39 Å². The first-order valence-electron chi connectivity index (χ1n) is 6.30. The second-order valence-electron chi connectivity index (χ2n) is 4.83. The summed E-state index contributed by atoms with van der Waals surface area (Å²) in [6, 6.07) is 3.51. The molecule has 1 aliphatic heterocycles. The summed E-state index contributed by atoms with van der Waals surface area (Å²) >= 11 is 0. The molecule has 1 aliphatic rings. The van der Waals surface area contributed by atoms with Crippen molar-refractivity contribution in [3.05, 3.63) is 35.1 Å². The molecular formula is C14H16FNO3. The number of piperidine rings is 1. The Kier molecular flexibility index (Phi) is 3.83. The van der Waals surface area contributed by atoms with E-state index in [0.29, 0.717) is 13.0 Å². The summed E-state index contributed by atoms with van der Waals surface area (Å²) in [5, 5.41) is 9.13. The molecule has 1 atom stereocenters. The normalized spacial score (nSPS) is 19.3. The number of hydrogen-bond acceptors (Lipinski definition) is 2. The maximum absolute atomic E-state index is 13.8. The average Bonchev–Trinajstić information content (AvgIpc) is 2.38. The standard InChI is InChI=1S/C14H16FNO3/c1-9-5-6-10(11(15)8-9)13(17)16-7-3-2-4-12(16)14(18)19/h5-6,8,12H,2-4,7H2,1H3,(H,18,19)/t12-/m1/s1. The van der Waals surface area contributed by atoms with E-state index in [1.165, 1.54) is 17.0 Å². The fourth-order valence-electron chi connectivity index (χ4n) is 2.38. The number of nitrogens with zero attached hydrogens (tertiary/aromatic N) is 1. The molecule has 0 saturated carbocycles. The minimum atomic E-state index is -1.03. The fraction of sp³-hybridized carbons (Fsp3) is 0.429. The van der Waals surface area contributed by atoms with Gasteiger partial charge in [0.05, 0.1) is 5.56 Å². The number of benzene rings is 1. The number of hydrogen-bond donors (Lipinski definition) is 1. The van der Waals surface area contributed by atoms with Crippen LogP contribution < -0.4 is 0 Å². The van der Waals surface area contributed by atoms with Gasteiger partial charge in [0.15, 0.2) is 0 Å². The van der Waals surface area contributed by atoms with Crippen LogP contribution in [0.2, 0.25) is 0 Å². The number of carbonyl (C=O) groups is 2. The van der Waals surface area contributed by atoms with Crippen LogP contribution in [0.15, 0.2) is 18.2 Å². The molecule has 19 heavy (non-hydrogen) atoms. The van der Waals surface area contributed by atoms with E-state index >= 15 is 0 Å². The van der Waals surface area contributed by atoms with Crippen LogP contribution in [-0.4, -0.2) is 34.5 Å². The molecule has 0 aliphatic carbocycles. The average molecular weight is 265 g/mol. The highest BCUT2D eigenvalue weighted by molar-refractivity contribution is 5.97. The topological polar surface area (TPSA) is 57.6 Å². The first-order chi connectivity index (χ1) is 9.00. The van der Waals surface area contributed by atoms with Crippen molar-refractivity contribution in [2.45, 2.75) is 32.2 Å². The van der Waals surface area contributed by atoms with Crippen LogP contribution in [0.1, 0.15) is 35.2 Å². The number of carbonyl (C=O) groups excluding carboxylic acids is 1. The summed E-state index contributed by atoms with van der Waals surface area (Å²) in [5.41, 5.74) is 0.668. The van der Waals surface area contributed by atoms with Crippen LogP contribution in [-0.2, 0) is 4.79 Å². The van der Waals surface area contributed by atoms with E-state index in [0.717, 1.165) is 18.4 Å². The van der Waals surface area contributed by atoms with Crippen LogP contribution in [0.3, 0.4) is 0 Å². The fourth-order valence-corrected chi connectivity index (χ4v) is 2.38. The van der Waals surface area contributed by atoms with Crippen LogP contribution in [0, 0.1) is 12.7 Å². The number of amides is 1. The highest BCUT2D eigenvalue weighted by Crippen LogP contribution is 2.21. The van der Waals surface area contributed by atoms with Gasteiger partial charge in [0, 0.05) is 6.54 Å². The highest BCUT2D eigenvalue weighted by Gasteiger charge is 2.33. The Morgan fingerprint density at radius 1 is 1.37 bits per heavy atom. The van der Waals surface area contributed by atoms with Gasteiger partial charge < -0.3 is 10.0 Å². The van der Waals surface area contributed by atoms with E-state index in [2.05, 4.69) is 0 Å². The number of aliphatic carboxylic acids is 1. The van der Waals surface area contributed by atoms with Crippen molar-refractivity contribution in [2.24, 2.45) is 0 Å². The van der Waals surface area contributed by atoms with Gasteiger partial charge in [-0.15, -0.1) is 0 Å². The van der Waals surface area contributed by atoms with E-state index in [4.69, 9.17) is 5.11 Å². The van der Waals surface area contributed by atoms with E-state index in [-0.39, 0.29) is 5.56 Å². The lowest BCUT2D eigenvalue weighted by molar-refractivity contribution is -0.143. The second kappa shape index (κ2) is 5.38. The molecule has 0 unspecified atom stereocenters. The summed E-state index contributed by atoms with van der Waals surface area (Å²) in [6.45, 7) is 2.10. The Morgan fingerprint density at radius 2 is 2.11 bits per heavy atom. The number of rotatable bonds is 2. The molecule has 0 aromatic heterocycles. The third kappa shape index (κ3) is 2.75. The molecule has 0 spiro atoms. The number of likely N-dealkylation sites (tertiary alicyclic amines) is 1. The molecule has 1 heterocycles. The smallest absolute Gasteiger partial charge is 0.326 e. The van der Waals surface area contributed by atoms with Crippen molar-refractivity contribution in [3.8, 4) is 0 Å². The van der Waals surface area contributed by atoms with Crippen molar-refractivity contribution in [2.75, 3.05) is 6.54 Å². The molecule has 2 rings (SSSR count). The third-order valence-corrected chi connectivity index (χ3v) is 3.40. The molecule has 5 heteroatoms. The molecule has 1 amide bonds. The number of aryl methyl sites for hydroxylation is 1. The van der Waals surface area contributed by atoms with Crippen LogP contribution >= 0.6 is 0 Å². The van der Waals surface area contributed by atoms with Gasteiger partial charge in [0.2, 0.25) is 0 Å². The zero-order valence-corrected chi connectivity index (χ0v) is 10.7. The Morgan fingerprint density at radius 3 is 2.74 bits per heavy atom. The maximum Gasteiger partial charge on any atom is 0.326 e. The van der Waals surface area contributed by atoms with Gasteiger partial charge in [-0.1, -0.05) is 6.07 Å². The first-order valence-corrected chi connectivity index (χ1v) is 6.30. The summed E-state index contributed by atoms with van der Waals surface area (Å²) in [7, 11) is 0. The van der Waals surface area contributed by atoms with Gasteiger partial charge in [-0.25, -0.2) is 9.18 Å². The van der Waals surface area contributed by atoms with Crippen molar-refractivity contribution < 1.29 is 19.1 Å². The largest absolute Gasteiger partial charge is 0.480 e. The predicted octanol–water partition coefficient (Wildman–Crippen LogP) is 2.21. The summed E-state index contributed by atoms with van der Waals surface area (Å²) in [6.07, 6.45) is 1.95. The minimum Gasteiger partial charge on any atom is -0.480 e. The SMILES string of the molecule is Cc1ccc(C(=O)N2CCCC[C@@H]2C(=O)O)c(F)c1. The molecule has 1 aromatic rings. The van der Waals surface area contributed by atoms with Crippen molar-refractivity contribution in [1.29, 1.82) is 0 Å². The Labute approximate surface area is 110 Å². The van der Waals surface area contributed by atoms with Gasteiger partial charge in [0.25, 0.3) is 5.91 Å². The van der Waals surface area contributed by atoms with Gasteiger partial charge >= 0.3 is 5.97 Å². The lowest BCUT2D eigenvalue weighted by Crippen LogP contribution is -2.48. The van der Waals surface area contributed by atoms with Crippen molar-refractivity contribution in [1.82, 2.24) is 4.90 Å². The molecule has 102 valence electrons. The van der Waals surface area contributed by atoms with Gasteiger partial charge in [0.1, 0.15) is 11.9 Å². The Bertz CT molecular complexity index is 515. The van der Waals surface area contributed by atoms with Gasteiger partial charge in [-0.3, -0.25) is 4.79 Å². The molecule has 1 N–H and O–H groups in total. The van der Waals surface area contributed by atoms with Crippen LogP contribution in [0.5, 0.6) is 0 Å². The summed E-state index contributed by atoms with van der Waals surface area (Å²) in [4.78, 5) is 24.7. The first kappa shape index (κ1) is 13.5. The van der Waals surface area contributed by atoms with Gasteiger partial charge in [-0.2, -0.15) is 0 Å². The predicted molar refractivity (Wildman–Crippen MR) is 67.4 cm³/mol. The molecular weight excluding hydrogens is 249 g/mol. The molecule has 1 aromatic carbocycles. The molecule has 4 nitrogen and oxygen atoms in total. The summed E-state index contributed by atoms with van der Waals surface area (Å²) < 4.78 is 13.8. The monoisotopic (exact) mass is 265 g/mol.